The molecule has 1 aromatic carbocycles. The molecule has 0 saturated carbocycles. The number of fused-ring (bicyclic) bond motifs is 1. The predicted octanol–water partition coefficient (Wildman–Crippen LogP) is 3.22. The molecule has 12 heavy (non-hydrogen) atoms. The normalized spacial score (nSPS) is 10.8. The minimum Gasteiger partial charge on any atom is -0.499 e. The molecule has 0 bridgehead atoms. The predicted molar refractivity (Wildman–Crippen MR) is 53.0 cm³/mol. The average Bonchev–Trinajstić information content (AvgIpc) is 2.39. The summed E-state index contributed by atoms with van der Waals surface area (Å²) < 4.78 is 1.16. The second-order valence-electron chi connectivity index (χ2n) is 3.00. The van der Waals surface area contributed by atoms with Crippen LogP contribution in [0.25, 0.3) is 10.1 Å². The molecule has 0 spiro atoms. The lowest BCUT2D eigenvalue weighted by atomic mass is 10.1. The molecule has 0 saturated heterocycles. The summed E-state index contributed by atoms with van der Waals surface area (Å²) in [5.41, 5.74) is 2.55. The van der Waals surface area contributed by atoms with Crippen molar-refractivity contribution in [2.75, 3.05) is 0 Å². The van der Waals surface area contributed by atoms with Crippen LogP contribution in [0, 0.1) is 13.8 Å². The lowest BCUT2D eigenvalue weighted by Gasteiger charge is -1.99. The van der Waals surface area contributed by atoms with E-state index in [2.05, 4.69) is 26.0 Å². The first-order valence-corrected chi connectivity index (χ1v) is 4.69. The molecule has 2 aromatic rings. The molecule has 2 heteroatoms. The number of rotatable bonds is 0. The van der Waals surface area contributed by atoms with Crippen molar-refractivity contribution in [2.24, 2.45) is 0 Å². The van der Waals surface area contributed by atoms with E-state index < -0.39 is 0 Å². The molecule has 1 nitrogen and oxygen atoms in total. The topological polar surface area (TPSA) is 20.2 Å². The summed E-state index contributed by atoms with van der Waals surface area (Å²) in [6.45, 7) is 4.17. The lowest BCUT2D eigenvalue weighted by Crippen LogP contribution is -1.78. The molecule has 0 atom stereocenters. The van der Waals surface area contributed by atoms with Gasteiger partial charge in [0.05, 0.1) is 0 Å². The highest BCUT2D eigenvalue weighted by atomic mass is 32.1. The standard InChI is InChI=1S/C10H10OS/c1-6-3-4-9-8(7(6)2)5-10(11)12-9/h3-5,11H,1-2H3. The van der Waals surface area contributed by atoms with Crippen LogP contribution < -0.4 is 0 Å². The molecule has 1 heterocycles. The molecule has 0 unspecified atom stereocenters. The van der Waals surface area contributed by atoms with E-state index in [1.807, 2.05) is 6.07 Å². The van der Waals surface area contributed by atoms with Crippen molar-refractivity contribution in [3.05, 3.63) is 29.3 Å². The fourth-order valence-electron chi connectivity index (χ4n) is 1.35. The Morgan fingerprint density at radius 1 is 1.25 bits per heavy atom. The molecule has 0 amide bonds. The van der Waals surface area contributed by atoms with E-state index in [-0.39, 0.29) is 0 Å². The summed E-state index contributed by atoms with van der Waals surface area (Å²) in [5.74, 6) is 0. The molecule has 0 fully saturated rings. The fraction of sp³-hybridized carbons (Fsp3) is 0.200. The molecule has 0 aliphatic heterocycles. The molecular weight excluding hydrogens is 168 g/mol. The lowest BCUT2D eigenvalue weighted by molar-refractivity contribution is 0.491. The van der Waals surface area contributed by atoms with Gasteiger partial charge in [-0.15, -0.1) is 0 Å². The van der Waals surface area contributed by atoms with Crippen molar-refractivity contribution in [3.63, 3.8) is 0 Å². The van der Waals surface area contributed by atoms with Crippen LogP contribution in [0.15, 0.2) is 18.2 Å². The van der Waals surface area contributed by atoms with Gasteiger partial charge in [-0.1, -0.05) is 17.4 Å². The maximum absolute atomic E-state index is 9.29. The smallest absolute Gasteiger partial charge is 0.172 e. The van der Waals surface area contributed by atoms with Gasteiger partial charge in [0.2, 0.25) is 0 Å². The van der Waals surface area contributed by atoms with E-state index in [9.17, 15) is 5.11 Å². The molecule has 1 aromatic heterocycles. The van der Waals surface area contributed by atoms with Gasteiger partial charge >= 0.3 is 0 Å². The van der Waals surface area contributed by atoms with Crippen LogP contribution in [0.5, 0.6) is 5.06 Å². The Morgan fingerprint density at radius 3 is 2.75 bits per heavy atom. The highest BCUT2D eigenvalue weighted by Gasteiger charge is 2.03. The minimum atomic E-state index is 0.402. The Hall–Kier alpha value is -1.02. The third kappa shape index (κ3) is 0.994. The summed E-state index contributed by atoms with van der Waals surface area (Å²) in [5, 5.41) is 10.9. The van der Waals surface area contributed by atoms with Gasteiger partial charge in [-0.05, 0) is 42.5 Å². The Labute approximate surface area is 75.3 Å². The van der Waals surface area contributed by atoms with E-state index in [1.165, 1.54) is 27.8 Å². The zero-order chi connectivity index (χ0) is 8.72. The molecule has 0 aliphatic carbocycles. The first-order chi connectivity index (χ1) is 5.68. The monoisotopic (exact) mass is 178 g/mol. The highest BCUT2D eigenvalue weighted by Crippen LogP contribution is 2.33. The van der Waals surface area contributed by atoms with Gasteiger partial charge in [-0.3, -0.25) is 0 Å². The SMILES string of the molecule is Cc1ccc2sc(O)cc2c1C. The highest BCUT2D eigenvalue weighted by molar-refractivity contribution is 7.20. The Balaban J connectivity index is 2.89. The second-order valence-corrected chi connectivity index (χ2v) is 4.07. The number of thiophene rings is 1. The van der Waals surface area contributed by atoms with Crippen molar-refractivity contribution >= 4 is 21.4 Å². The average molecular weight is 178 g/mol. The largest absolute Gasteiger partial charge is 0.499 e. The van der Waals surface area contributed by atoms with E-state index in [1.54, 1.807) is 0 Å². The Kier molecular flexibility index (Phi) is 1.58. The fourth-order valence-corrected chi connectivity index (χ4v) is 2.21. The van der Waals surface area contributed by atoms with Gasteiger partial charge in [0, 0.05) is 4.70 Å². The first kappa shape index (κ1) is 7.62. The van der Waals surface area contributed by atoms with Gasteiger partial charge in [0.25, 0.3) is 0 Å². The van der Waals surface area contributed by atoms with Gasteiger partial charge in [-0.25, -0.2) is 0 Å². The van der Waals surface area contributed by atoms with E-state index in [0.717, 1.165) is 4.70 Å². The summed E-state index contributed by atoms with van der Waals surface area (Å²) in [7, 11) is 0. The number of aromatic hydroxyl groups is 1. The van der Waals surface area contributed by atoms with Crippen LogP contribution >= 0.6 is 11.3 Å². The Bertz CT molecular complexity index is 429. The van der Waals surface area contributed by atoms with Crippen LogP contribution in [0.1, 0.15) is 11.1 Å². The van der Waals surface area contributed by atoms with Crippen LogP contribution in [0.3, 0.4) is 0 Å². The number of hydrogen-bond donors (Lipinski definition) is 1. The van der Waals surface area contributed by atoms with Gasteiger partial charge in [0.1, 0.15) is 0 Å². The summed E-state index contributed by atoms with van der Waals surface area (Å²) in [4.78, 5) is 0. The van der Waals surface area contributed by atoms with E-state index in [4.69, 9.17) is 0 Å². The van der Waals surface area contributed by atoms with Crippen molar-refractivity contribution in [1.29, 1.82) is 0 Å². The zero-order valence-electron chi connectivity index (χ0n) is 7.09. The molecule has 1 N–H and O–H groups in total. The van der Waals surface area contributed by atoms with Gasteiger partial charge < -0.3 is 5.11 Å². The van der Waals surface area contributed by atoms with Crippen molar-refractivity contribution < 1.29 is 5.11 Å². The van der Waals surface area contributed by atoms with Crippen molar-refractivity contribution in [1.82, 2.24) is 0 Å². The zero-order valence-corrected chi connectivity index (χ0v) is 7.90. The Morgan fingerprint density at radius 2 is 2.00 bits per heavy atom. The maximum Gasteiger partial charge on any atom is 0.172 e. The summed E-state index contributed by atoms with van der Waals surface area (Å²) in [6, 6.07) is 5.98. The van der Waals surface area contributed by atoms with Crippen LogP contribution in [-0.2, 0) is 0 Å². The second kappa shape index (κ2) is 2.49. The third-order valence-electron chi connectivity index (χ3n) is 2.23. The number of aryl methyl sites for hydroxylation is 2. The minimum absolute atomic E-state index is 0.402. The molecule has 0 aliphatic rings. The summed E-state index contributed by atoms with van der Waals surface area (Å²) >= 11 is 1.43. The molecule has 0 radical (unpaired) electrons. The third-order valence-corrected chi connectivity index (χ3v) is 3.13. The number of benzene rings is 1. The molecular formula is C10H10OS. The van der Waals surface area contributed by atoms with Gasteiger partial charge in [-0.2, -0.15) is 0 Å². The van der Waals surface area contributed by atoms with E-state index in [0.29, 0.717) is 5.06 Å². The van der Waals surface area contributed by atoms with Crippen molar-refractivity contribution in [3.8, 4) is 5.06 Å². The maximum atomic E-state index is 9.29. The van der Waals surface area contributed by atoms with E-state index >= 15 is 0 Å². The van der Waals surface area contributed by atoms with Crippen LogP contribution in [-0.4, -0.2) is 5.11 Å². The number of hydrogen-bond acceptors (Lipinski definition) is 2. The first-order valence-electron chi connectivity index (χ1n) is 3.87. The van der Waals surface area contributed by atoms with Crippen molar-refractivity contribution in [2.45, 2.75) is 13.8 Å². The summed E-state index contributed by atoms with van der Waals surface area (Å²) in [6.07, 6.45) is 0. The molecule has 62 valence electrons. The quantitative estimate of drug-likeness (QED) is 0.656. The molecule has 2 rings (SSSR count). The van der Waals surface area contributed by atoms with Crippen LogP contribution in [0.2, 0.25) is 0 Å². The van der Waals surface area contributed by atoms with Gasteiger partial charge in [0.15, 0.2) is 5.06 Å². The van der Waals surface area contributed by atoms with Crippen LogP contribution in [0.4, 0.5) is 0 Å².